The van der Waals surface area contributed by atoms with E-state index in [0.29, 0.717) is 36.0 Å². The van der Waals surface area contributed by atoms with Crippen LogP contribution >= 0.6 is 22.7 Å². The first-order valence-corrected chi connectivity index (χ1v) is 13.8. The van der Waals surface area contributed by atoms with Crippen LogP contribution in [0, 0.1) is 0 Å². The van der Waals surface area contributed by atoms with Gasteiger partial charge in [0.25, 0.3) is 0 Å². The molecular weight excluding hydrogens is 548 g/mol. The number of nitrogens with one attached hydrogen (secondary N) is 1. The van der Waals surface area contributed by atoms with Crippen molar-refractivity contribution in [3.8, 4) is 0 Å². The molecule has 0 aliphatic rings. The topological polar surface area (TPSA) is 127 Å². The van der Waals surface area contributed by atoms with Gasteiger partial charge in [0, 0.05) is 30.3 Å². The molecule has 4 aromatic rings. The van der Waals surface area contributed by atoms with Crippen molar-refractivity contribution >= 4 is 71.3 Å². The lowest BCUT2D eigenvalue weighted by molar-refractivity contribution is -0.139. The normalized spacial score (nSPS) is 11.2. The van der Waals surface area contributed by atoms with Gasteiger partial charge in [-0.25, -0.2) is 14.6 Å². The third-order valence-corrected chi connectivity index (χ3v) is 7.13. The average Bonchev–Trinajstić information content (AvgIpc) is 3.52. The molecule has 0 spiro atoms. The molecule has 0 unspecified atom stereocenters. The van der Waals surface area contributed by atoms with E-state index in [2.05, 4.69) is 43.9 Å². The molecule has 0 aliphatic heterocycles. The fraction of sp³-hybridized carbons (Fsp3) is 0.179. The van der Waals surface area contributed by atoms with Crippen LogP contribution in [0.4, 0.5) is 27.2 Å². The van der Waals surface area contributed by atoms with E-state index in [0.717, 1.165) is 37.5 Å². The summed E-state index contributed by atoms with van der Waals surface area (Å²) in [6, 6.07) is 16.9. The second kappa shape index (κ2) is 14.0. The maximum atomic E-state index is 11.5. The van der Waals surface area contributed by atoms with Gasteiger partial charge in [0.2, 0.25) is 5.13 Å². The lowest BCUT2D eigenvalue weighted by Gasteiger charge is -2.06. The van der Waals surface area contributed by atoms with E-state index in [1.54, 1.807) is 6.92 Å². The number of fused-ring (bicyclic) bond motifs is 1. The van der Waals surface area contributed by atoms with Crippen LogP contribution in [0.15, 0.2) is 99.9 Å². The number of anilines is 1. The number of carbonyl (C=O) groups is 2. The molecule has 2 heterocycles. The number of hydrogen-bond acceptors (Lipinski definition) is 12. The number of esters is 2. The smallest absolute Gasteiger partial charge is 0.333 e. The van der Waals surface area contributed by atoms with Crippen LogP contribution in [-0.4, -0.2) is 36.7 Å². The third-order valence-electron chi connectivity index (χ3n) is 5.20. The molecule has 0 amide bonds. The molecule has 0 aliphatic carbocycles. The number of benzene rings is 2. The number of azo groups is 2. The fourth-order valence-electron chi connectivity index (χ4n) is 3.18. The molecule has 40 heavy (non-hydrogen) atoms. The first-order valence-electron chi connectivity index (χ1n) is 12.2. The van der Waals surface area contributed by atoms with Crippen LogP contribution in [0.1, 0.15) is 12.5 Å². The van der Waals surface area contributed by atoms with E-state index in [1.165, 1.54) is 22.7 Å². The predicted octanol–water partition coefficient (Wildman–Crippen LogP) is 7.99. The van der Waals surface area contributed by atoms with Gasteiger partial charge >= 0.3 is 11.9 Å². The molecular formula is C28H26N6O4S2. The fourth-order valence-corrected chi connectivity index (χ4v) is 5.03. The van der Waals surface area contributed by atoms with Gasteiger partial charge in [-0.3, -0.25) is 0 Å². The second-order valence-electron chi connectivity index (χ2n) is 8.33. The van der Waals surface area contributed by atoms with Crippen molar-refractivity contribution < 1.29 is 19.1 Å². The van der Waals surface area contributed by atoms with E-state index >= 15 is 0 Å². The molecule has 0 atom stereocenters. The molecule has 204 valence electrons. The number of rotatable bonds is 13. The summed E-state index contributed by atoms with van der Waals surface area (Å²) in [6.45, 7) is 9.58. The Morgan fingerprint density at radius 1 is 0.950 bits per heavy atom. The van der Waals surface area contributed by atoms with Crippen molar-refractivity contribution in [2.24, 2.45) is 20.5 Å². The van der Waals surface area contributed by atoms with Crippen LogP contribution in [-0.2, 0) is 25.5 Å². The molecule has 2 aromatic heterocycles. The van der Waals surface area contributed by atoms with Gasteiger partial charge in [-0.15, -0.1) is 20.5 Å². The van der Waals surface area contributed by atoms with E-state index in [1.807, 2.05) is 54.6 Å². The summed E-state index contributed by atoms with van der Waals surface area (Å²) >= 11 is 2.86. The van der Waals surface area contributed by atoms with Crippen LogP contribution in [0.3, 0.4) is 0 Å². The maximum Gasteiger partial charge on any atom is 0.333 e. The van der Waals surface area contributed by atoms with Crippen molar-refractivity contribution in [2.75, 3.05) is 25.1 Å². The summed E-state index contributed by atoms with van der Waals surface area (Å²) < 4.78 is 11.0. The average molecular weight is 575 g/mol. The van der Waals surface area contributed by atoms with Gasteiger partial charge < -0.3 is 14.8 Å². The summed E-state index contributed by atoms with van der Waals surface area (Å²) in [5, 5.41) is 21.6. The number of hydrogen-bond donors (Lipinski definition) is 1. The van der Waals surface area contributed by atoms with Crippen LogP contribution in [0.2, 0.25) is 0 Å². The Morgan fingerprint density at radius 2 is 1.65 bits per heavy atom. The van der Waals surface area contributed by atoms with Crippen molar-refractivity contribution in [1.82, 2.24) is 4.98 Å². The summed E-state index contributed by atoms with van der Waals surface area (Å²) in [7, 11) is 0. The summed E-state index contributed by atoms with van der Waals surface area (Å²) in [5.74, 6) is -0.825. The number of thiophene rings is 1. The quantitative estimate of drug-likeness (QED) is 0.0746. The van der Waals surface area contributed by atoms with Crippen molar-refractivity contribution in [1.29, 1.82) is 0 Å². The minimum atomic E-state index is -0.444. The summed E-state index contributed by atoms with van der Waals surface area (Å²) in [5.41, 5.74) is 3.71. The van der Waals surface area contributed by atoms with Crippen molar-refractivity contribution in [3.63, 3.8) is 0 Å². The zero-order chi connectivity index (χ0) is 28.3. The van der Waals surface area contributed by atoms with Gasteiger partial charge in [0.05, 0.1) is 22.7 Å². The van der Waals surface area contributed by atoms with E-state index in [-0.39, 0.29) is 12.6 Å². The van der Waals surface area contributed by atoms with Crippen molar-refractivity contribution in [3.05, 3.63) is 85.0 Å². The highest BCUT2D eigenvalue weighted by molar-refractivity contribution is 7.30. The minimum absolute atomic E-state index is 0.251. The zero-order valence-electron chi connectivity index (χ0n) is 21.7. The van der Waals surface area contributed by atoms with Gasteiger partial charge in [-0.05, 0) is 55.0 Å². The zero-order valence-corrected chi connectivity index (χ0v) is 23.3. The molecule has 0 saturated heterocycles. The highest BCUT2D eigenvalue weighted by atomic mass is 32.1. The number of thiazole rings is 1. The summed E-state index contributed by atoms with van der Waals surface area (Å²) in [4.78, 5) is 27.8. The molecule has 1 N–H and O–H groups in total. The van der Waals surface area contributed by atoms with Gasteiger partial charge in [-0.2, -0.15) is 0 Å². The number of ether oxygens (including phenoxy) is 2. The summed E-state index contributed by atoms with van der Waals surface area (Å²) in [6.07, 6.45) is 1.75. The SMILES string of the molecule is C=CC(=O)OCCNc1ccc(/N=N/c2nc3sc(/N=N/c4ccc(CCOC(=O)C(=C)C)cc4)cc3s2)cc1. The number of carbonyl (C=O) groups excluding carboxylic acids is 2. The molecule has 0 saturated carbocycles. The van der Waals surface area contributed by atoms with Crippen molar-refractivity contribution in [2.45, 2.75) is 13.3 Å². The Labute approximate surface area is 238 Å². The van der Waals surface area contributed by atoms with Crippen LogP contribution in [0.25, 0.3) is 9.53 Å². The number of aromatic nitrogens is 1. The lowest BCUT2D eigenvalue weighted by Crippen LogP contribution is -2.12. The Morgan fingerprint density at radius 3 is 2.33 bits per heavy atom. The van der Waals surface area contributed by atoms with Crippen LogP contribution in [0.5, 0.6) is 0 Å². The highest BCUT2D eigenvalue weighted by Gasteiger charge is 2.09. The standard InChI is InChI=1S/C28H26N6O4S2/c1-4-25(35)37-16-14-29-20-9-11-22(12-10-20)32-34-28-30-26-23(39-28)17-24(40-26)33-31-21-7-5-19(6-8-21)13-15-38-27(36)18(2)3/h4-12,17,29H,1-2,13-16H2,3H3/b33-31+,34-32+. The van der Waals surface area contributed by atoms with Crippen LogP contribution < -0.4 is 5.32 Å². The maximum absolute atomic E-state index is 11.5. The monoisotopic (exact) mass is 574 g/mol. The molecule has 0 bridgehead atoms. The Bertz CT molecular complexity index is 1520. The first kappa shape index (κ1) is 28.5. The third kappa shape index (κ3) is 8.48. The highest BCUT2D eigenvalue weighted by Crippen LogP contribution is 2.39. The van der Waals surface area contributed by atoms with Gasteiger partial charge in [0.1, 0.15) is 16.4 Å². The second-order valence-corrected chi connectivity index (χ2v) is 10.3. The molecule has 2 aromatic carbocycles. The molecule has 4 rings (SSSR count). The minimum Gasteiger partial charge on any atom is -0.462 e. The van der Waals surface area contributed by atoms with E-state index in [9.17, 15) is 9.59 Å². The largest absolute Gasteiger partial charge is 0.462 e. The molecule has 0 fully saturated rings. The predicted molar refractivity (Wildman–Crippen MR) is 158 cm³/mol. The molecule has 10 nitrogen and oxygen atoms in total. The first-order chi connectivity index (χ1) is 19.4. The Hall–Kier alpha value is -4.55. The molecule has 0 radical (unpaired) electrons. The van der Waals surface area contributed by atoms with E-state index in [4.69, 9.17) is 9.47 Å². The number of nitrogens with zero attached hydrogens (tertiary/aromatic N) is 5. The van der Waals surface area contributed by atoms with Gasteiger partial charge in [-0.1, -0.05) is 48.0 Å². The van der Waals surface area contributed by atoms with E-state index < -0.39 is 5.97 Å². The Balaban J connectivity index is 1.26. The molecule has 12 heteroatoms. The van der Waals surface area contributed by atoms with Gasteiger partial charge in [0.15, 0.2) is 0 Å². The lowest BCUT2D eigenvalue weighted by atomic mass is 10.1. The Kier molecular flexibility index (Phi) is 9.97.